The van der Waals surface area contributed by atoms with Gasteiger partial charge in [-0.3, -0.25) is 9.69 Å². The number of halogens is 3. The van der Waals surface area contributed by atoms with E-state index in [9.17, 15) is 18.0 Å². The molecule has 0 saturated carbocycles. The van der Waals surface area contributed by atoms with E-state index in [0.717, 1.165) is 36.2 Å². The molecule has 172 valence electrons. The molecule has 2 aromatic rings. The molecule has 0 aromatic carbocycles. The standard InChI is InChI=1S/C16H23N5O2S.C2HF3O2/c1-11-10-24-14(18-11)9-20-5-6-21-8-13(19-15(21)12(20)2)16(22)17-4-7-23-3;3-2(4,5)1(6)7/h8,10,12H,4-7,9H2,1-3H3,(H,17,22);(H,6,7). The van der Waals surface area contributed by atoms with Crippen LogP contribution in [0.25, 0.3) is 0 Å². The first-order valence-corrected chi connectivity index (χ1v) is 10.2. The molecule has 3 heterocycles. The highest BCUT2D eigenvalue weighted by Crippen LogP contribution is 2.27. The van der Waals surface area contributed by atoms with Gasteiger partial charge in [0.25, 0.3) is 5.91 Å². The molecule has 0 fully saturated rings. The van der Waals surface area contributed by atoms with Gasteiger partial charge in [0, 0.05) is 44.0 Å². The molecular weight excluding hydrogens is 439 g/mol. The van der Waals surface area contributed by atoms with Crippen LogP contribution >= 0.6 is 11.3 Å². The SMILES string of the molecule is COCCNC(=O)c1cn2c(n1)C(C)N(Cc1nc(C)cs1)CC2.O=C(O)C(F)(F)F. The summed E-state index contributed by atoms with van der Waals surface area (Å²) < 4.78 is 38.8. The maximum Gasteiger partial charge on any atom is 0.490 e. The number of nitrogens with one attached hydrogen (secondary N) is 1. The average Bonchev–Trinajstić information content (AvgIpc) is 3.30. The molecule has 1 atom stereocenters. The van der Waals surface area contributed by atoms with Gasteiger partial charge >= 0.3 is 12.1 Å². The summed E-state index contributed by atoms with van der Waals surface area (Å²) in [5, 5.41) is 13.1. The molecule has 0 spiro atoms. The van der Waals surface area contributed by atoms with E-state index >= 15 is 0 Å². The Morgan fingerprint density at radius 2 is 2.03 bits per heavy atom. The maximum atomic E-state index is 12.2. The number of carboxylic acids is 1. The van der Waals surface area contributed by atoms with Crippen LogP contribution in [-0.4, -0.2) is 69.4 Å². The van der Waals surface area contributed by atoms with Crippen molar-refractivity contribution in [2.45, 2.75) is 39.2 Å². The van der Waals surface area contributed by atoms with Crippen molar-refractivity contribution in [2.24, 2.45) is 0 Å². The highest BCUT2D eigenvalue weighted by Gasteiger charge is 2.38. The lowest BCUT2D eigenvalue weighted by Gasteiger charge is -2.32. The fourth-order valence-electron chi connectivity index (χ4n) is 2.87. The van der Waals surface area contributed by atoms with Crippen LogP contribution in [0.2, 0.25) is 0 Å². The van der Waals surface area contributed by atoms with Crippen LogP contribution in [0.5, 0.6) is 0 Å². The summed E-state index contributed by atoms with van der Waals surface area (Å²) in [5.41, 5.74) is 1.54. The zero-order valence-corrected chi connectivity index (χ0v) is 18.1. The lowest BCUT2D eigenvalue weighted by atomic mass is 10.2. The van der Waals surface area contributed by atoms with Crippen LogP contribution < -0.4 is 5.32 Å². The van der Waals surface area contributed by atoms with E-state index in [1.807, 2.05) is 13.1 Å². The monoisotopic (exact) mass is 463 g/mol. The number of imidazole rings is 1. The number of aliphatic carboxylic acids is 1. The Bertz CT molecular complexity index is 899. The summed E-state index contributed by atoms with van der Waals surface area (Å²) in [6.45, 7) is 7.71. The summed E-state index contributed by atoms with van der Waals surface area (Å²) in [5.74, 6) is -1.97. The van der Waals surface area contributed by atoms with Crippen molar-refractivity contribution in [3.05, 3.63) is 33.8 Å². The van der Waals surface area contributed by atoms with Crippen molar-refractivity contribution in [3.8, 4) is 0 Å². The van der Waals surface area contributed by atoms with E-state index in [1.165, 1.54) is 0 Å². The first-order chi connectivity index (χ1) is 14.5. The van der Waals surface area contributed by atoms with Gasteiger partial charge < -0.3 is 19.7 Å². The molecule has 1 amide bonds. The van der Waals surface area contributed by atoms with Gasteiger partial charge in [0.05, 0.1) is 19.2 Å². The van der Waals surface area contributed by atoms with Gasteiger partial charge in [-0.1, -0.05) is 0 Å². The minimum absolute atomic E-state index is 0.150. The number of nitrogens with zero attached hydrogens (tertiary/aromatic N) is 4. The number of rotatable bonds is 6. The number of hydrogen-bond donors (Lipinski definition) is 2. The molecule has 13 heteroatoms. The predicted molar refractivity (Wildman–Crippen MR) is 106 cm³/mol. The van der Waals surface area contributed by atoms with Gasteiger partial charge in [-0.2, -0.15) is 13.2 Å². The second-order valence-corrected chi connectivity index (χ2v) is 7.70. The lowest BCUT2D eigenvalue weighted by Crippen LogP contribution is -2.36. The molecule has 1 unspecified atom stereocenters. The van der Waals surface area contributed by atoms with E-state index in [-0.39, 0.29) is 11.9 Å². The third kappa shape index (κ3) is 7.01. The van der Waals surface area contributed by atoms with Crippen LogP contribution in [0.1, 0.15) is 40.0 Å². The first-order valence-electron chi connectivity index (χ1n) is 9.32. The van der Waals surface area contributed by atoms with E-state index in [2.05, 4.69) is 37.1 Å². The van der Waals surface area contributed by atoms with E-state index < -0.39 is 12.1 Å². The molecule has 0 aliphatic carbocycles. The van der Waals surface area contributed by atoms with Gasteiger partial charge in [-0.05, 0) is 13.8 Å². The number of carboxylic acid groups (broad SMARTS) is 1. The third-order valence-corrected chi connectivity index (χ3v) is 5.38. The van der Waals surface area contributed by atoms with Gasteiger partial charge in [-0.15, -0.1) is 11.3 Å². The van der Waals surface area contributed by atoms with Crippen molar-refractivity contribution < 1.29 is 32.6 Å². The predicted octanol–water partition coefficient (Wildman–Crippen LogP) is 2.23. The number of carbonyl (C=O) groups excluding carboxylic acids is 1. The fraction of sp³-hybridized carbons (Fsp3) is 0.556. The number of carbonyl (C=O) groups is 2. The van der Waals surface area contributed by atoms with E-state index in [4.69, 9.17) is 14.6 Å². The Morgan fingerprint density at radius 1 is 1.35 bits per heavy atom. The molecule has 2 N–H and O–H groups in total. The number of alkyl halides is 3. The topological polar surface area (TPSA) is 110 Å². The number of amides is 1. The lowest BCUT2D eigenvalue weighted by molar-refractivity contribution is -0.192. The maximum absolute atomic E-state index is 12.2. The average molecular weight is 463 g/mol. The van der Waals surface area contributed by atoms with Crippen molar-refractivity contribution >= 4 is 23.2 Å². The summed E-state index contributed by atoms with van der Waals surface area (Å²) in [4.78, 5) is 32.5. The van der Waals surface area contributed by atoms with Crippen LogP contribution in [0.15, 0.2) is 11.6 Å². The van der Waals surface area contributed by atoms with E-state index in [0.29, 0.717) is 18.8 Å². The Hall–Kier alpha value is -2.51. The second kappa shape index (κ2) is 10.7. The van der Waals surface area contributed by atoms with Gasteiger partial charge in [-0.25, -0.2) is 14.8 Å². The van der Waals surface area contributed by atoms with Gasteiger partial charge in [0.2, 0.25) is 0 Å². The number of thiazole rings is 1. The number of aromatic nitrogens is 3. The highest BCUT2D eigenvalue weighted by atomic mass is 32.1. The summed E-state index contributed by atoms with van der Waals surface area (Å²) >= 11 is 1.69. The molecule has 0 bridgehead atoms. The zero-order valence-electron chi connectivity index (χ0n) is 17.3. The molecule has 9 nitrogen and oxygen atoms in total. The largest absolute Gasteiger partial charge is 0.490 e. The Morgan fingerprint density at radius 3 is 2.58 bits per heavy atom. The number of hydrogen-bond acceptors (Lipinski definition) is 7. The van der Waals surface area contributed by atoms with Gasteiger partial charge in [0.1, 0.15) is 16.5 Å². The van der Waals surface area contributed by atoms with Crippen LogP contribution in [0, 0.1) is 6.92 Å². The minimum Gasteiger partial charge on any atom is -0.475 e. The summed E-state index contributed by atoms with van der Waals surface area (Å²) in [7, 11) is 1.61. The number of aryl methyl sites for hydroxylation is 1. The highest BCUT2D eigenvalue weighted by molar-refractivity contribution is 7.09. The first kappa shape index (κ1) is 24.8. The van der Waals surface area contributed by atoms with Gasteiger partial charge in [0.15, 0.2) is 0 Å². The smallest absolute Gasteiger partial charge is 0.475 e. The summed E-state index contributed by atoms with van der Waals surface area (Å²) in [6, 6.07) is 0.156. The Kier molecular flexibility index (Phi) is 8.53. The quantitative estimate of drug-likeness (QED) is 0.633. The molecule has 2 aromatic heterocycles. The van der Waals surface area contributed by atoms with Crippen LogP contribution in [0.4, 0.5) is 13.2 Å². The Balaban J connectivity index is 0.000000423. The Labute approximate surface area is 180 Å². The van der Waals surface area contributed by atoms with Crippen LogP contribution in [-0.2, 0) is 22.6 Å². The van der Waals surface area contributed by atoms with Crippen molar-refractivity contribution in [1.29, 1.82) is 0 Å². The van der Waals surface area contributed by atoms with Crippen molar-refractivity contribution in [2.75, 3.05) is 26.8 Å². The van der Waals surface area contributed by atoms with E-state index in [1.54, 1.807) is 18.4 Å². The number of methoxy groups -OCH3 is 1. The molecule has 0 saturated heterocycles. The normalized spacial score (nSPS) is 16.3. The fourth-order valence-corrected chi connectivity index (χ4v) is 3.66. The number of fused-ring (bicyclic) bond motifs is 1. The molecule has 1 aliphatic rings. The summed E-state index contributed by atoms with van der Waals surface area (Å²) in [6.07, 6.45) is -3.24. The zero-order chi connectivity index (χ0) is 23.2. The number of ether oxygens (including phenoxy) is 1. The molecule has 3 rings (SSSR count). The molecule has 0 radical (unpaired) electrons. The molecule has 31 heavy (non-hydrogen) atoms. The second-order valence-electron chi connectivity index (χ2n) is 6.76. The van der Waals surface area contributed by atoms with Crippen molar-refractivity contribution in [3.63, 3.8) is 0 Å². The van der Waals surface area contributed by atoms with Crippen molar-refractivity contribution in [1.82, 2.24) is 24.8 Å². The van der Waals surface area contributed by atoms with Crippen LogP contribution in [0.3, 0.4) is 0 Å². The third-order valence-electron chi connectivity index (χ3n) is 4.43. The molecular formula is C18H24F3N5O4S. The minimum atomic E-state index is -5.08. The molecule has 1 aliphatic heterocycles.